The average molecular weight is 409 g/mol. The lowest BCUT2D eigenvalue weighted by Crippen LogP contribution is -2.22. The van der Waals surface area contributed by atoms with Gasteiger partial charge in [0.2, 0.25) is 11.8 Å². The van der Waals surface area contributed by atoms with Gasteiger partial charge in [0, 0.05) is 11.3 Å². The predicted molar refractivity (Wildman–Crippen MR) is 112 cm³/mol. The van der Waals surface area contributed by atoms with Crippen LogP contribution in [0.25, 0.3) is 22.5 Å². The highest BCUT2D eigenvalue weighted by Gasteiger charge is 2.19. The molecule has 2 aromatic heterocycles. The van der Waals surface area contributed by atoms with Gasteiger partial charge in [0.25, 0.3) is 5.22 Å². The van der Waals surface area contributed by atoms with Gasteiger partial charge < -0.3 is 19.7 Å². The lowest BCUT2D eigenvalue weighted by atomic mass is 10.1. The van der Waals surface area contributed by atoms with Crippen molar-refractivity contribution in [2.45, 2.75) is 31.2 Å². The molecule has 2 aromatic carbocycles. The number of aromatic amines is 2. The highest BCUT2D eigenvalue weighted by molar-refractivity contribution is 8.00. The molecule has 0 spiro atoms. The van der Waals surface area contributed by atoms with Crippen LogP contribution in [-0.2, 0) is 4.79 Å². The lowest BCUT2D eigenvalue weighted by molar-refractivity contribution is -0.115. The van der Waals surface area contributed by atoms with Crippen LogP contribution >= 0.6 is 11.8 Å². The monoisotopic (exact) mass is 409 g/mol. The third-order valence-electron chi connectivity index (χ3n) is 4.31. The van der Waals surface area contributed by atoms with E-state index in [4.69, 9.17) is 4.42 Å². The van der Waals surface area contributed by atoms with Crippen molar-refractivity contribution in [3.63, 3.8) is 0 Å². The fourth-order valence-electron chi connectivity index (χ4n) is 3.03. The number of fused-ring (bicyclic) bond motifs is 1. The highest BCUT2D eigenvalue weighted by Crippen LogP contribution is 2.28. The molecule has 0 saturated carbocycles. The molecule has 0 aliphatic rings. The van der Waals surface area contributed by atoms with Gasteiger partial charge in [-0.2, -0.15) is 0 Å². The van der Waals surface area contributed by atoms with Crippen LogP contribution in [0.15, 0.2) is 50.8 Å². The van der Waals surface area contributed by atoms with Gasteiger partial charge in [-0.15, -0.1) is 10.2 Å². The Hall–Kier alpha value is -3.33. The van der Waals surface area contributed by atoms with Crippen molar-refractivity contribution in [1.82, 2.24) is 20.2 Å². The number of thioether (sulfide) groups is 1. The first-order chi connectivity index (χ1) is 13.9. The first-order valence-corrected chi connectivity index (χ1v) is 9.87. The molecule has 4 aromatic rings. The van der Waals surface area contributed by atoms with Crippen LogP contribution in [0.4, 0.5) is 5.69 Å². The van der Waals surface area contributed by atoms with Crippen molar-refractivity contribution in [3.8, 4) is 11.5 Å². The van der Waals surface area contributed by atoms with Gasteiger partial charge in [-0.1, -0.05) is 29.0 Å². The van der Waals surface area contributed by atoms with Gasteiger partial charge in [-0.25, -0.2) is 4.79 Å². The number of carbonyl (C=O) groups is 1. The SMILES string of the molecule is Cc1cc(C)cc(-c2nnc(S[C@H](C)C(=O)Nc3ccc4[nH]c(=O)[nH]c4c3)o2)c1. The number of aromatic nitrogens is 4. The topological polar surface area (TPSA) is 117 Å². The largest absolute Gasteiger partial charge is 0.411 e. The standard InChI is InChI=1S/C20H19N5O3S/c1-10-6-11(2)8-13(7-10)18-24-25-20(28-18)29-12(3)17(26)21-14-4-5-15-16(9-14)23-19(27)22-15/h4-9,12H,1-3H3,(H,21,26)(H2,22,23,27)/t12-/m1/s1. The fourth-order valence-corrected chi connectivity index (χ4v) is 3.71. The van der Waals surface area contributed by atoms with Crippen LogP contribution in [0, 0.1) is 13.8 Å². The minimum atomic E-state index is -0.455. The van der Waals surface area contributed by atoms with E-state index in [0.717, 1.165) is 16.7 Å². The van der Waals surface area contributed by atoms with E-state index in [-0.39, 0.29) is 11.6 Å². The fraction of sp³-hybridized carbons (Fsp3) is 0.200. The van der Waals surface area contributed by atoms with Gasteiger partial charge in [0.05, 0.1) is 16.3 Å². The number of nitrogens with zero attached hydrogens (tertiary/aromatic N) is 2. The minimum absolute atomic E-state index is 0.210. The van der Waals surface area contributed by atoms with Crippen LogP contribution in [0.5, 0.6) is 0 Å². The molecule has 4 rings (SSSR count). The molecule has 3 N–H and O–H groups in total. The molecule has 0 aliphatic heterocycles. The Morgan fingerprint density at radius 1 is 1.07 bits per heavy atom. The molecule has 0 bridgehead atoms. The number of benzene rings is 2. The van der Waals surface area contributed by atoms with Crippen LogP contribution in [0.2, 0.25) is 0 Å². The van der Waals surface area contributed by atoms with Gasteiger partial charge in [0.1, 0.15) is 0 Å². The van der Waals surface area contributed by atoms with Gasteiger partial charge in [-0.05, 0) is 51.1 Å². The molecule has 0 radical (unpaired) electrons. The van der Waals surface area contributed by atoms with Crippen molar-refractivity contribution in [1.29, 1.82) is 0 Å². The van der Waals surface area contributed by atoms with Crippen molar-refractivity contribution >= 4 is 34.4 Å². The van der Waals surface area contributed by atoms with Gasteiger partial charge >= 0.3 is 5.69 Å². The first-order valence-electron chi connectivity index (χ1n) is 8.99. The third-order valence-corrected chi connectivity index (χ3v) is 5.24. The van der Waals surface area contributed by atoms with Crippen molar-refractivity contribution < 1.29 is 9.21 Å². The van der Waals surface area contributed by atoms with E-state index in [1.54, 1.807) is 25.1 Å². The normalized spacial score (nSPS) is 12.2. The molecule has 1 amide bonds. The molecule has 1 atom stereocenters. The Kier molecular flexibility index (Phi) is 4.98. The van der Waals surface area contributed by atoms with E-state index in [1.807, 2.05) is 26.0 Å². The molecule has 0 aliphatic carbocycles. The quantitative estimate of drug-likeness (QED) is 0.433. The average Bonchev–Trinajstić information content (AvgIpc) is 3.26. The third kappa shape index (κ3) is 4.24. The summed E-state index contributed by atoms with van der Waals surface area (Å²) in [6.45, 7) is 5.78. The van der Waals surface area contributed by atoms with E-state index in [2.05, 4.69) is 31.5 Å². The molecular weight excluding hydrogens is 390 g/mol. The van der Waals surface area contributed by atoms with E-state index in [0.29, 0.717) is 27.8 Å². The Morgan fingerprint density at radius 3 is 2.55 bits per heavy atom. The van der Waals surface area contributed by atoms with Gasteiger partial charge in [-0.3, -0.25) is 4.79 Å². The summed E-state index contributed by atoms with van der Waals surface area (Å²) in [5, 5.41) is 10.8. The highest BCUT2D eigenvalue weighted by atomic mass is 32.2. The first kappa shape index (κ1) is 19.0. The second-order valence-electron chi connectivity index (χ2n) is 6.84. The number of rotatable bonds is 5. The second kappa shape index (κ2) is 7.59. The minimum Gasteiger partial charge on any atom is -0.411 e. The van der Waals surface area contributed by atoms with Crippen LogP contribution in [0.1, 0.15) is 18.1 Å². The molecule has 29 heavy (non-hydrogen) atoms. The number of hydrogen-bond donors (Lipinski definition) is 3. The van der Waals surface area contributed by atoms with Crippen molar-refractivity contribution in [3.05, 3.63) is 58.0 Å². The molecule has 0 saturated heterocycles. The van der Waals surface area contributed by atoms with Crippen LogP contribution in [0.3, 0.4) is 0 Å². The van der Waals surface area contributed by atoms with Gasteiger partial charge in [0.15, 0.2) is 0 Å². The molecule has 148 valence electrons. The smallest absolute Gasteiger partial charge is 0.323 e. The lowest BCUT2D eigenvalue weighted by Gasteiger charge is -2.09. The predicted octanol–water partition coefficient (Wildman–Crippen LogP) is 3.64. The maximum absolute atomic E-state index is 12.5. The van der Waals surface area contributed by atoms with E-state index < -0.39 is 5.25 Å². The summed E-state index contributed by atoms with van der Waals surface area (Å²) in [6, 6.07) is 11.2. The zero-order chi connectivity index (χ0) is 20.5. The summed E-state index contributed by atoms with van der Waals surface area (Å²) in [5.74, 6) is 0.215. The number of carbonyl (C=O) groups excluding carboxylic acids is 1. The Morgan fingerprint density at radius 2 is 1.79 bits per heavy atom. The summed E-state index contributed by atoms with van der Waals surface area (Å²) in [5.41, 5.74) is 4.69. The van der Waals surface area contributed by atoms with Crippen molar-refractivity contribution in [2.24, 2.45) is 0 Å². The number of aryl methyl sites for hydroxylation is 2. The number of amides is 1. The Bertz CT molecular complexity index is 1240. The number of hydrogen-bond acceptors (Lipinski definition) is 6. The number of anilines is 1. The number of nitrogens with one attached hydrogen (secondary N) is 3. The van der Waals surface area contributed by atoms with E-state index in [1.165, 1.54) is 11.8 Å². The summed E-state index contributed by atoms with van der Waals surface area (Å²) in [7, 11) is 0. The summed E-state index contributed by atoms with van der Waals surface area (Å²) in [4.78, 5) is 29.2. The maximum Gasteiger partial charge on any atom is 0.323 e. The molecule has 8 nitrogen and oxygen atoms in total. The van der Waals surface area contributed by atoms with Crippen LogP contribution in [-0.4, -0.2) is 31.3 Å². The maximum atomic E-state index is 12.5. The summed E-state index contributed by atoms with van der Waals surface area (Å²) >= 11 is 1.19. The van der Waals surface area contributed by atoms with E-state index in [9.17, 15) is 9.59 Å². The summed E-state index contributed by atoms with van der Waals surface area (Å²) < 4.78 is 5.73. The molecular formula is C20H19N5O3S. The molecule has 2 heterocycles. The Balaban J connectivity index is 1.44. The number of imidazole rings is 1. The van der Waals surface area contributed by atoms with Crippen LogP contribution < -0.4 is 11.0 Å². The molecule has 0 fully saturated rings. The zero-order valence-corrected chi connectivity index (χ0v) is 16.9. The molecule has 9 heteroatoms. The summed E-state index contributed by atoms with van der Waals surface area (Å²) in [6.07, 6.45) is 0. The second-order valence-corrected chi connectivity index (χ2v) is 8.13. The van der Waals surface area contributed by atoms with E-state index >= 15 is 0 Å². The van der Waals surface area contributed by atoms with Crippen molar-refractivity contribution in [2.75, 3.05) is 5.32 Å². The number of H-pyrrole nitrogens is 2. The Labute approximate surface area is 170 Å². The zero-order valence-electron chi connectivity index (χ0n) is 16.1. The molecule has 0 unspecified atom stereocenters.